The van der Waals surface area contributed by atoms with Crippen LogP contribution in [0.5, 0.6) is 11.5 Å². The Kier molecular flexibility index (Phi) is 4.26. The fourth-order valence-corrected chi connectivity index (χ4v) is 1.26. The molecule has 3 heteroatoms. The average molecular weight is 195 g/mol. The summed E-state index contributed by atoms with van der Waals surface area (Å²) in [5.74, 6) is 1.56. The fourth-order valence-electron chi connectivity index (χ4n) is 1.26. The molecule has 14 heavy (non-hydrogen) atoms. The number of hydrogen-bond acceptors (Lipinski definition) is 3. The summed E-state index contributed by atoms with van der Waals surface area (Å²) in [5.41, 5.74) is 0. The van der Waals surface area contributed by atoms with E-state index in [9.17, 15) is 0 Å². The van der Waals surface area contributed by atoms with Crippen molar-refractivity contribution in [3.63, 3.8) is 0 Å². The number of nitrogens with one attached hydrogen (secondary N) is 1. The zero-order chi connectivity index (χ0) is 10.4. The number of benzene rings is 1. The van der Waals surface area contributed by atoms with Gasteiger partial charge in [-0.05, 0) is 26.1 Å². The Morgan fingerprint density at radius 2 is 1.93 bits per heavy atom. The van der Waals surface area contributed by atoms with Crippen molar-refractivity contribution < 1.29 is 9.47 Å². The SMILES string of the molecule is CNC[C@H](C)Oc1ccccc1OC. The first-order valence-electron chi connectivity index (χ1n) is 4.72. The predicted molar refractivity (Wildman–Crippen MR) is 57.0 cm³/mol. The molecule has 1 aromatic carbocycles. The molecule has 0 amide bonds. The van der Waals surface area contributed by atoms with Crippen LogP contribution in [0.4, 0.5) is 0 Å². The summed E-state index contributed by atoms with van der Waals surface area (Å²) in [5, 5.41) is 3.06. The van der Waals surface area contributed by atoms with E-state index in [0.717, 1.165) is 18.0 Å². The molecule has 1 N–H and O–H groups in total. The molecular formula is C11H17NO2. The molecular weight excluding hydrogens is 178 g/mol. The molecule has 0 aliphatic rings. The van der Waals surface area contributed by atoms with E-state index in [4.69, 9.17) is 9.47 Å². The third-order valence-electron chi connectivity index (χ3n) is 1.89. The van der Waals surface area contributed by atoms with Gasteiger partial charge in [0.05, 0.1) is 7.11 Å². The number of para-hydroxylation sites is 2. The van der Waals surface area contributed by atoms with Crippen LogP contribution in [0.25, 0.3) is 0 Å². The van der Waals surface area contributed by atoms with Crippen molar-refractivity contribution in [2.75, 3.05) is 20.7 Å². The van der Waals surface area contributed by atoms with Gasteiger partial charge in [0.25, 0.3) is 0 Å². The molecule has 0 spiro atoms. The summed E-state index contributed by atoms with van der Waals surface area (Å²) < 4.78 is 10.9. The minimum absolute atomic E-state index is 0.135. The molecule has 0 saturated carbocycles. The third kappa shape index (κ3) is 2.92. The van der Waals surface area contributed by atoms with Crippen LogP contribution in [-0.4, -0.2) is 26.8 Å². The molecule has 1 aromatic rings. The molecule has 0 aromatic heterocycles. The second kappa shape index (κ2) is 5.50. The van der Waals surface area contributed by atoms with E-state index in [0.29, 0.717) is 0 Å². The van der Waals surface area contributed by atoms with E-state index in [2.05, 4.69) is 5.32 Å². The van der Waals surface area contributed by atoms with Crippen LogP contribution in [-0.2, 0) is 0 Å². The molecule has 0 radical (unpaired) electrons. The fraction of sp³-hybridized carbons (Fsp3) is 0.455. The molecule has 1 atom stereocenters. The van der Waals surface area contributed by atoms with Crippen molar-refractivity contribution >= 4 is 0 Å². The van der Waals surface area contributed by atoms with Gasteiger partial charge in [0.15, 0.2) is 11.5 Å². The molecule has 1 rings (SSSR count). The standard InChI is InChI=1S/C11H17NO2/c1-9(8-12-2)14-11-7-5-4-6-10(11)13-3/h4-7,9,12H,8H2,1-3H3/t9-/m0/s1. The zero-order valence-corrected chi connectivity index (χ0v) is 8.91. The average Bonchev–Trinajstić information content (AvgIpc) is 2.19. The van der Waals surface area contributed by atoms with Gasteiger partial charge in [-0.2, -0.15) is 0 Å². The lowest BCUT2D eigenvalue weighted by atomic mass is 10.3. The highest BCUT2D eigenvalue weighted by Gasteiger charge is 2.06. The van der Waals surface area contributed by atoms with Crippen LogP contribution in [0, 0.1) is 0 Å². The van der Waals surface area contributed by atoms with E-state index < -0.39 is 0 Å². The first-order valence-corrected chi connectivity index (χ1v) is 4.72. The number of methoxy groups -OCH3 is 1. The number of rotatable bonds is 5. The Morgan fingerprint density at radius 3 is 2.50 bits per heavy atom. The van der Waals surface area contributed by atoms with E-state index in [1.54, 1.807) is 7.11 Å². The largest absolute Gasteiger partial charge is 0.493 e. The van der Waals surface area contributed by atoms with Crippen molar-refractivity contribution in [2.45, 2.75) is 13.0 Å². The molecule has 0 saturated heterocycles. The van der Waals surface area contributed by atoms with E-state index in [-0.39, 0.29) is 6.10 Å². The summed E-state index contributed by atoms with van der Waals surface area (Å²) in [6, 6.07) is 7.66. The highest BCUT2D eigenvalue weighted by molar-refractivity contribution is 5.39. The molecule has 0 heterocycles. The molecule has 3 nitrogen and oxygen atoms in total. The minimum atomic E-state index is 0.135. The maximum Gasteiger partial charge on any atom is 0.161 e. The molecule has 0 unspecified atom stereocenters. The van der Waals surface area contributed by atoms with E-state index >= 15 is 0 Å². The van der Waals surface area contributed by atoms with Crippen LogP contribution in [0.2, 0.25) is 0 Å². The quantitative estimate of drug-likeness (QED) is 0.775. The molecule has 78 valence electrons. The normalized spacial score (nSPS) is 12.2. The summed E-state index contributed by atoms with van der Waals surface area (Å²) in [4.78, 5) is 0. The molecule has 0 bridgehead atoms. The van der Waals surface area contributed by atoms with Crippen LogP contribution >= 0.6 is 0 Å². The van der Waals surface area contributed by atoms with E-state index in [1.807, 2.05) is 38.2 Å². The van der Waals surface area contributed by atoms with Gasteiger partial charge in [0, 0.05) is 6.54 Å². The van der Waals surface area contributed by atoms with E-state index in [1.165, 1.54) is 0 Å². The molecule has 0 aliphatic carbocycles. The number of ether oxygens (including phenoxy) is 2. The maximum absolute atomic E-state index is 5.69. The van der Waals surface area contributed by atoms with Gasteiger partial charge >= 0.3 is 0 Å². The Bertz CT molecular complexity index is 276. The second-order valence-electron chi connectivity index (χ2n) is 3.14. The van der Waals surface area contributed by atoms with Gasteiger partial charge < -0.3 is 14.8 Å². The van der Waals surface area contributed by atoms with Crippen molar-refractivity contribution in [1.82, 2.24) is 5.32 Å². The summed E-state index contributed by atoms with van der Waals surface area (Å²) in [6.07, 6.45) is 0.135. The van der Waals surface area contributed by atoms with Gasteiger partial charge in [0.1, 0.15) is 6.10 Å². The summed E-state index contributed by atoms with van der Waals surface area (Å²) in [6.45, 7) is 2.83. The van der Waals surface area contributed by atoms with Gasteiger partial charge in [-0.15, -0.1) is 0 Å². The topological polar surface area (TPSA) is 30.5 Å². The lowest BCUT2D eigenvalue weighted by molar-refractivity contribution is 0.211. The molecule has 0 fully saturated rings. The predicted octanol–water partition coefficient (Wildman–Crippen LogP) is 1.68. The van der Waals surface area contributed by atoms with Gasteiger partial charge in [-0.1, -0.05) is 12.1 Å². The van der Waals surface area contributed by atoms with Crippen molar-refractivity contribution in [1.29, 1.82) is 0 Å². The van der Waals surface area contributed by atoms with Crippen LogP contribution in [0.1, 0.15) is 6.92 Å². The Balaban J connectivity index is 2.65. The van der Waals surface area contributed by atoms with Gasteiger partial charge in [-0.25, -0.2) is 0 Å². The lowest BCUT2D eigenvalue weighted by Gasteiger charge is -2.16. The first-order chi connectivity index (χ1) is 6.77. The van der Waals surface area contributed by atoms with Gasteiger partial charge in [0.2, 0.25) is 0 Å². The second-order valence-corrected chi connectivity index (χ2v) is 3.14. The Labute approximate surface area is 85.0 Å². The van der Waals surface area contributed by atoms with Crippen LogP contribution in [0.15, 0.2) is 24.3 Å². The molecule has 0 aliphatic heterocycles. The van der Waals surface area contributed by atoms with Gasteiger partial charge in [-0.3, -0.25) is 0 Å². The summed E-state index contributed by atoms with van der Waals surface area (Å²) >= 11 is 0. The van der Waals surface area contributed by atoms with Crippen molar-refractivity contribution in [2.24, 2.45) is 0 Å². The maximum atomic E-state index is 5.69. The third-order valence-corrected chi connectivity index (χ3v) is 1.89. The van der Waals surface area contributed by atoms with Crippen LogP contribution < -0.4 is 14.8 Å². The zero-order valence-electron chi connectivity index (χ0n) is 8.91. The number of likely N-dealkylation sites (N-methyl/N-ethyl adjacent to an activating group) is 1. The highest BCUT2D eigenvalue weighted by Crippen LogP contribution is 2.26. The Hall–Kier alpha value is -1.22. The monoisotopic (exact) mass is 195 g/mol. The smallest absolute Gasteiger partial charge is 0.161 e. The van der Waals surface area contributed by atoms with Crippen molar-refractivity contribution in [3.8, 4) is 11.5 Å². The van der Waals surface area contributed by atoms with Crippen molar-refractivity contribution in [3.05, 3.63) is 24.3 Å². The Morgan fingerprint density at radius 1 is 1.29 bits per heavy atom. The minimum Gasteiger partial charge on any atom is -0.493 e. The summed E-state index contributed by atoms with van der Waals surface area (Å²) in [7, 11) is 3.55. The lowest BCUT2D eigenvalue weighted by Crippen LogP contribution is -2.26. The first kappa shape index (κ1) is 10.9. The van der Waals surface area contributed by atoms with Crippen LogP contribution in [0.3, 0.4) is 0 Å². The number of hydrogen-bond donors (Lipinski definition) is 1. The highest BCUT2D eigenvalue weighted by atomic mass is 16.5.